The Bertz CT molecular complexity index is 3290. The maximum Gasteiger partial charge on any atom is 0.103 e. The van der Waals surface area contributed by atoms with E-state index in [2.05, 4.69) is 114 Å². The topological polar surface area (TPSA) is 105 Å². The lowest BCUT2D eigenvalue weighted by atomic mass is 9.80. The Balaban J connectivity index is 1.40. The lowest BCUT2D eigenvalue weighted by molar-refractivity contribution is 0.666. The molecule has 55 heavy (non-hydrogen) atoms. The molecule has 9 aromatic rings. The van der Waals surface area contributed by atoms with Gasteiger partial charge in [0.25, 0.3) is 0 Å². The number of nitrogens with zero attached hydrogens (tertiary/aromatic N) is 6. The zero-order valence-electron chi connectivity index (χ0n) is 29.9. The quantitative estimate of drug-likeness (QED) is 0.183. The van der Waals surface area contributed by atoms with Crippen molar-refractivity contribution in [1.29, 1.82) is 21.0 Å². The molecular formula is C49H28N6. The molecule has 6 nitrogen and oxygen atoms in total. The van der Waals surface area contributed by atoms with Crippen LogP contribution in [0.2, 0.25) is 0 Å². The van der Waals surface area contributed by atoms with Gasteiger partial charge in [0.05, 0.1) is 61.8 Å². The van der Waals surface area contributed by atoms with E-state index in [0.717, 1.165) is 49.3 Å². The van der Waals surface area contributed by atoms with Gasteiger partial charge in [-0.2, -0.15) is 21.0 Å². The van der Waals surface area contributed by atoms with Gasteiger partial charge in [-0.1, -0.05) is 98.8 Å². The standard InChI is InChI=1S/C49H28N6/c1-49(2)40-15-7-3-11-31(40)34-20-22-45-46(47(34)49)35-14-6-10-18-43(35)55(45)48-37(24-30(26-51)38(27-52)39(48)28-53)36-23-29(25-50)19-21-44(36)54-41-16-8-4-12-32(41)33-13-5-9-17-42(33)54/h3-24H,1-2H3. The number of para-hydroxylation sites is 3. The Morgan fingerprint density at radius 3 is 1.75 bits per heavy atom. The average Bonchev–Trinajstić information content (AvgIpc) is 3.82. The third-order valence-corrected chi connectivity index (χ3v) is 11.5. The van der Waals surface area contributed by atoms with Gasteiger partial charge < -0.3 is 9.13 Å². The minimum Gasteiger partial charge on any atom is -0.309 e. The molecule has 0 amide bonds. The highest BCUT2D eigenvalue weighted by atomic mass is 15.0. The second-order valence-electron chi connectivity index (χ2n) is 14.5. The molecule has 1 aliphatic carbocycles. The molecule has 0 unspecified atom stereocenters. The third-order valence-electron chi connectivity index (χ3n) is 11.5. The highest BCUT2D eigenvalue weighted by Crippen LogP contribution is 2.54. The first-order valence-electron chi connectivity index (χ1n) is 18.0. The van der Waals surface area contributed by atoms with Crippen molar-refractivity contribution in [2.24, 2.45) is 0 Å². The number of aromatic nitrogens is 2. The fourth-order valence-corrected chi connectivity index (χ4v) is 9.19. The van der Waals surface area contributed by atoms with Gasteiger partial charge in [-0.15, -0.1) is 0 Å². The molecule has 0 aliphatic heterocycles. The van der Waals surface area contributed by atoms with Crippen LogP contribution >= 0.6 is 0 Å². The summed E-state index contributed by atoms with van der Waals surface area (Å²) in [5, 5.41) is 46.7. The van der Waals surface area contributed by atoms with Crippen LogP contribution in [0.15, 0.2) is 133 Å². The van der Waals surface area contributed by atoms with Crippen LogP contribution in [0, 0.1) is 45.3 Å². The number of benzene rings is 7. The summed E-state index contributed by atoms with van der Waals surface area (Å²) < 4.78 is 4.27. The summed E-state index contributed by atoms with van der Waals surface area (Å²) in [7, 11) is 0. The maximum atomic E-state index is 11.1. The highest BCUT2D eigenvalue weighted by molar-refractivity contribution is 6.15. The van der Waals surface area contributed by atoms with E-state index >= 15 is 0 Å². The number of rotatable bonds is 3. The summed E-state index contributed by atoms with van der Waals surface area (Å²) in [6.07, 6.45) is 0. The van der Waals surface area contributed by atoms with Gasteiger partial charge in [-0.25, -0.2) is 0 Å². The van der Waals surface area contributed by atoms with E-state index in [1.807, 2.05) is 54.6 Å². The molecule has 6 heteroatoms. The summed E-state index contributed by atoms with van der Waals surface area (Å²) in [5.41, 5.74) is 11.3. The molecule has 1 aliphatic rings. The van der Waals surface area contributed by atoms with Crippen LogP contribution < -0.4 is 0 Å². The van der Waals surface area contributed by atoms with Crippen molar-refractivity contribution in [2.75, 3.05) is 0 Å². The molecule has 2 aromatic heterocycles. The molecule has 0 radical (unpaired) electrons. The zero-order chi connectivity index (χ0) is 37.6. The van der Waals surface area contributed by atoms with E-state index in [9.17, 15) is 21.0 Å². The largest absolute Gasteiger partial charge is 0.309 e. The molecule has 0 saturated heterocycles. The minimum atomic E-state index is -0.325. The maximum absolute atomic E-state index is 11.1. The summed E-state index contributed by atoms with van der Waals surface area (Å²) in [5.74, 6) is 0. The van der Waals surface area contributed by atoms with E-state index in [1.165, 1.54) is 22.3 Å². The molecule has 0 saturated carbocycles. The van der Waals surface area contributed by atoms with Gasteiger partial charge in [-0.3, -0.25) is 0 Å². The fourth-order valence-electron chi connectivity index (χ4n) is 9.19. The molecule has 0 spiro atoms. The molecule has 254 valence electrons. The monoisotopic (exact) mass is 700 g/mol. The Hall–Kier alpha value is -7.90. The van der Waals surface area contributed by atoms with Crippen LogP contribution in [0.25, 0.3) is 77.2 Å². The Morgan fingerprint density at radius 1 is 0.473 bits per heavy atom. The van der Waals surface area contributed by atoms with Crippen LogP contribution in [0.3, 0.4) is 0 Å². The first-order valence-corrected chi connectivity index (χ1v) is 18.0. The van der Waals surface area contributed by atoms with Crippen LogP contribution in [0.4, 0.5) is 0 Å². The van der Waals surface area contributed by atoms with Gasteiger partial charge in [0, 0.05) is 38.1 Å². The van der Waals surface area contributed by atoms with Crippen molar-refractivity contribution in [2.45, 2.75) is 19.3 Å². The van der Waals surface area contributed by atoms with Gasteiger partial charge in [0.15, 0.2) is 0 Å². The molecule has 0 atom stereocenters. The molecular weight excluding hydrogens is 673 g/mol. The molecule has 2 heterocycles. The van der Waals surface area contributed by atoms with E-state index in [-0.39, 0.29) is 22.1 Å². The van der Waals surface area contributed by atoms with Gasteiger partial charge >= 0.3 is 0 Å². The highest BCUT2D eigenvalue weighted by Gasteiger charge is 2.38. The first-order chi connectivity index (χ1) is 26.9. The summed E-state index contributed by atoms with van der Waals surface area (Å²) in [4.78, 5) is 0. The smallest absolute Gasteiger partial charge is 0.103 e. The first kappa shape index (κ1) is 31.8. The SMILES string of the molecule is CC1(C)c2ccccc2-c2ccc3c(c21)c1ccccc1n3-c1c(-c2cc(C#N)ccc2-n2c3ccccc3c3ccccc32)cc(C#N)c(C#N)c1C#N. The van der Waals surface area contributed by atoms with Crippen molar-refractivity contribution < 1.29 is 0 Å². The molecule has 7 aromatic carbocycles. The number of hydrogen-bond acceptors (Lipinski definition) is 4. The third kappa shape index (κ3) is 4.20. The normalized spacial score (nSPS) is 12.6. The Labute approximate surface area is 316 Å². The minimum absolute atomic E-state index is 0.0124. The number of fused-ring (bicyclic) bond motifs is 10. The molecule has 10 rings (SSSR count). The fraction of sp³-hybridized carbons (Fsp3) is 0.0612. The molecule has 0 bridgehead atoms. The molecule has 0 fully saturated rings. The predicted molar refractivity (Wildman–Crippen MR) is 217 cm³/mol. The van der Waals surface area contributed by atoms with Crippen LogP contribution in [-0.2, 0) is 5.41 Å². The van der Waals surface area contributed by atoms with Gasteiger partial charge in [-0.05, 0) is 70.8 Å². The van der Waals surface area contributed by atoms with E-state index in [1.54, 1.807) is 12.1 Å². The van der Waals surface area contributed by atoms with E-state index in [0.29, 0.717) is 22.4 Å². The lowest BCUT2D eigenvalue weighted by Crippen LogP contribution is -2.15. The van der Waals surface area contributed by atoms with Gasteiger partial charge in [0.1, 0.15) is 18.2 Å². The van der Waals surface area contributed by atoms with E-state index in [4.69, 9.17) is 0 Å². The second kappa shape index (κ2) is 11.6. The van der Waals surface area contributed by atoms with Crippen molar-refractivity contribution >= 4 is 43.6 Å². The zero-order valence-corrected chi connectivity index (χ0v) is 29.9. The van der Waals surface area contributed by atoms with Crippen LogP contribution in [0.5, 0.6) is 0 Å². The average molecular weight is 701 g/mol. The van der Waals surface area contributed by atoms with Crippen molar-refractivity contribution in [3.05, 3.63) is 167 Å². The Kier molecular flexibility index (Phi) is 6.68. The summed E-state index contributed by atoms with van der Waals surface area (Å²) in [6, 6.07) is 53.8. The number of nitriles is 4. The summed E-state index contributed by atoms with van der Waals surface area (Å²) in [6.45, 7) is 4.52. The molecule has 0 N–H and O–H groups in total. The second-order valence-corrected chi connectivity index (χ2v) is 14.5. The van der Waals surface area contributed by atoms with Crippen molar-refractivity contribution in [3.8, 4) is 57.9 Å². The van der Waals surface area contributed by atoms with Crippen LogP contribution in [0.1, 0.15) is 47.2 Å². The van der Waals surface area contributed by atoms with Gasteiger partial charge in [0.2, 0.25) is 0 Å². The van der Waals surface area contributed by atoms with Crippen molar-refractivity contribution in [1.82, 2.24) is 9.13 Å². The van der Waals surface area contributed by atoms with Crippen molar-refractivity contribution in [3.63, 3.8) is 0 Å². The number of hydrogen-bond donors (Lipinski definition) is 0. The lowest BCUT2D eigenvalue weighted by Gasteiger charge is -2.23. The van der Waals surface area contributed by atoms with E-state index < -0.39 is 0 Å². The van der Waals surface area contributed by atoms with Crippen LogP contribution in [-0.4, -0.2) is 9.13 Å². The Morgan fingerprint density at radius 2 is 1.09 bits per heavy atom. The predicted octanol–water partition coefficient (Wildman–Crippen LogP) is 11.3. The summed E-state index contributed by atoms with van der Waals surface area (Å²) >= 11 is 0.